The molecule has 2 aliphatic rings. The lowest BCUT2D eigenvalue weighted by molar-refractivity contribution is -0.138. The van der Waals surface area contributed by atoms with Crippen LogP contribution in [0.25, 0.3) is 0 Å². The van der Waals surface area contributed by atoms with Crippen molar-refractivity contribution in [2.24, 2.45) is 5.73 Å². The molecule has 0 bridgehead atoms. The van der Waals surface area contributed by atoms with Crippen molar-refractivity contribution in [2.45, 2.75) is 51.0 Å². The number of nitrogens with zero attached hydrogens (tertiary/aromatic N) is 4. The maximum atomic E-state index is 12.7. The number of anilines is 1. The van der Waals surface area contributed by atoms with Gasteiger partial charge in [0.15, 0.2) is 0 Å². The second kappa shape index (κ2) is 9.17. The summed E-state index contributed by atoms with van der Waals surface area (Å²) in [5, 5.41) is 0.976. The van der Waals surface area contributed by atoms with E-state index >= 15 is 0 Å². The fraction of sp³-hybridized carbons (Fsp3) is 0.800. The number of hydrogen-bond donors (Lipinski definition) is 1. The van der Waals surface area contributed by atoms with Crippen molar-refractivity contribution in [3.05, 3.63) is 5.82 Å². The Hall–Kier alpha value is -0.630. The highest BCUT2D eigenvalue weighted by Gasteiger charge is 2.39. The predicted octanol–water partition coefficient (Wildman–Crippen LogP) is 2.25. The Morgan fingerprint density at radius 1 is 1.17 bits per heavy atom. The van der Waals surface area contributed by atoms with E-state index < -0.39 is 5.54 Å². The van der Waals surface area contributed by atoms with Gasteiger partial charge in [0.1, 0.15) is 5.82 Å². The van der Waals surface area contributed by atoms with Crippen LogP contribution in [0.4, 0.5) is 5.13 Å². The first-order valence-corrected chi connectivity index (χ1v) is 9.05. The molecule has 2 N–H and O–H groups in total. The molecule has 1 aromatic rings. The second-order valence-electron chi connectivity index (χ2n) is 6.34. The lowest BCUT2D eigenvalue weighted by atomic mass is 9.81. The van der Waals surface area contributed by atoms with Crippen LogP contribution < -0.4 is 10.6 Å². The molecule has 1 aliphatic heterocycles. The Bertz CT molecular complexity index is 528. The molecule has 24 heavy (non-hydrogen) atoms. The number of halogens is 2. The third kappa shape index (κ3) is 4.50. The zero-order valence-electron chi connectivity index (χ0n) is 14.1. The van der Waals surface area contributed by atoms with E-state index in [1.807, 2.05) is 4.90 Å². The van der Waals surface area contributed by atoms with Gasteiger partial charge in [-0.15, -0.1) is 24.8 Å². The molecule has 0 spiro atoms. The predicted molar refractivity (Wildman–Crippen MR) is 103 cm³/mol. The van der Waals surface area contributed by atoms with E-state index in [0.29, 0.717) is 0 Å². The van der Waals surface area contributed by atoms with E-state index in [-0.39, 0.29) is 30.7 Å². The standard InChI is InChI=1S/C15H25N5OS.2ClH/c1-2-12-17-14(22-18-12)20-10-8-19(9-11-20)13(21)15(16)6-4-3-5-7-15;;/h2-11,16H2,1H3;2*1H. The molecule has 1 aromatic heterocycles. The average Bonchev–Trinajstić information content (AvgIpc) is 3.04. The molecule has 1 saturated heterocycles. The second-order valence-corrected chi connectivity index (χ2v) is 7.07. The van der Waals surface area contributed by atoms with Crippen LogP contribution in [0.3, 0.4) is 0 Å². The Balaban J connectivity index is 0.00000144. The highest BCUT2D eigenvalue weighted by Crippen LogP contribution is 2.28. The van der Waals surface area contributed by atoms with Crippen LogP contribution in [0.15, 0.2) is 0 Å². The quantitative estimate of drug-likeness (QED) is 0.848. The first kappa shape index (κ1) is 21.4. The molecule has 0 radical (unpaired) electrons. The third-order valence-corrected chi connectivity index (χ3v) is 5.60. The van der Waals surface area contributed by atoms with E-state index in [4.69, 9.17) is 5.73 Å². The number of rotatable bonds is 3. The number of carbonyl (C=O) groups is 1. The van der Waals surface area contributed by atoms with Crippen molar-refractivity contribution in [3.8, 4) is 0 Å². The van der Waals surface area contributed by atoms with Crippen molar-refractivity contribution in [2.75, 3.05) is 31.1 Å². The van der Waals surface area contributed by atoms with Crippen molar-refractivity contribution in [3.63, 3.8) is 0 Å². The lowest BCUT2D eigenvalue weighted by Gasteiger charge is -2.40. The summed E-state index contributed by atoms with van der Waals surface area (Å²) in [5.41, 5.74) is 5.76. The van der Waals surface area contributed by atoms with Gasteiger partial charge in [-0.1, -0.05) is 26.2 Å². The van der Waals surface area contributed by atoms with Gasteiger partial charge in [-0.3, -0.25) is 4.79 Å². The molecule has 1 aliphatic carbocycles. The average molecular weight is 396 g/mol. The fourth-order valence-electron chi connectivity index (χ4n) is 3.33. The number of aromatic nitrogens is 2. The molecule has 0 aromatic carbocycles. The van der Waals surface area contributed by atoms with Gasteiger partial charge in [0, 0.05) is 44.1 Å². The van der Waals surface area contributed by atoms with E-state index in [0.717, 1.165) is 69.2 Å². The van der Waals surface area contributed by atoms with Gasteiger partial charge in [-0.2, -0.15) is 4.37 Å². The Kier molecular flexibility index (Phi) is 8.19. The minimum absolute atomic E-state index is 0. The van der Waals surface area contributed by atoms with Crippen molar-refractivity contribution < 1.29 is 4.79 Å². The summed E-state index contributed by atoms with van der Waals surface area (Å²) in [6.45, 7) is 5.17. The number of amides is 1. The monoisotopic (exact) mass is 395 g/mol. The summed E-state index contributed by atoms with van der Waals surface area (Å²) in [4.78, 5) is 21.4. The molecule has 6 nitrogen and oxygen atoms in total. The maximum Gasteiger partial charge on any atom is 0.242 e. The molecule has 9 heteroatoms. The van der Waals surface area contributed by atoms with Crippen LogP contribution in [-0.2, 0) is 11.2 Å². The van der Waals surface area contributed by atoms with Crippen LogP contribution in [0.2, 0.25) is 0 Å². The van der Waals surface area contributed by atoms with Gasteiger partial charge < -0.3 is 15.5 Å². The molecule has 2 fully saturated rings. The number of aryl methyl sites for hydroxylation is 1. The number of hydrogen-bond acceptors (Lipinski definition) is 6. The van der Waals surface area contributed by atoms with Crippen LogP contribution in [0, 0.1) is 0 Å². The summed E-state index contributed by atoms with van der Waals surface area (Å²) < 4.78 is 4.34. The molecule has 0 atom stereocenters. The molecule has 0 unspecified atom stereocenters. The topological polar surface area (TPSA) is 75.4 Å². The van der Waals surface area contributed by atoms with Crippen LogP contribution >= 0.6 is 36.3 Å². The number of carbonyl (C=O) groups excluding carboxylic acids is 1. The molecule has 3 rings (SSSR count). The van der Waals surface area contributed by atoms with E-state index in [2.05, 4.69) is 21.2 Å². The van der Waals surface area contributed by atoms with E-state index in [1.165, 1.54) is 18.0 Å². The number of nitrogens with two attached hydrogens (primary N) is 1. The number of piperazine rings is 1. The zero-order chi connectivity index (χ0) is 15.6. The summed E-state index contributed by atoms with van der Waals surface area (Å²) in [5.74, 6) is 1.06. The third-order valence-electron chi connectivity index (χ3n) is 4.78. The van der Waals surface area contributed by atoms with Gasteiger partial charge in [0.25, 0.3) is 0 Å². The smallest absolute Gasteiger partial charge is 0.242 e. The van der Waals surface area contributed by atoms with Crippen LogP contribution in [-0.4, -0.2) is 51.9 Å². The minimum Gasteiger partial charge on any atom is -0.343 e. The molecular formula is C15H27Cl2N5OS. The highest BCUT2D eigenvalue weighted by molar-refractivity contribution is 7.09. The summed E-state index contributed by atoms with van der Waals surface area (Å²) in [6.07, 6.45) is 5.89. The first-order chi connectivity index (χ1) is 10.6. The van der Waals surface area contributed by atoms with Crippen molar-refractivity contribution in [1.29, 1.82) is 0 Å². The molecule has 1 amide bonds. The fourth-order valence-corrected chi connectivity index (χ4v) is 4.13. The Labute approximate surface area is 160 Å². The van der Waals surface area contributed by atoms with Gasteiger partial charge >= 0.3 is 0 Å². The van der Waals surface area contributed by atoms with Gasteiger partial charge in [0.2, 0.25) is 11.0 Å². The zero-order valence-corrected chi connectivity index (χ0v) is 16.5. The molecule has 1 saturated carbocycles. The Morgan fingerprint density at radius 3 is 2.33 bits per heavy atom. The summed E-state index contributed by atoms with van der Waals surface area (Å²) >= 11 is 1.45. The van der Waals surface area contributed by atoms with Gasteiger partial charge in [-0.25, -0.2) is 4.98 Å². The normalized spacial score (nSPS) is 20.1. The van der Waals surface area contributed by atoms with Gasteiger partial charge in [-0.05, 0) is 12.8 Å². The molecule has 2 heterocycles. The van der Waals surface area contributed by atoms with Crippen LogP contribution in [0.5, 0.6) is 0 Å². The lowest BCUT2D eigenvalue weighted by Crippen LogP contribution is -2.60. The minimum atomic E-state index is -0.613. The van der Waals surface area contributed by atoms with Crippen LogP contribution in [0.1, 0.15) is 44.9 Å². The molecule has 138 valence electrons. The van der Waals surface area contributed by atoms with E-state index in [9.17, 15) is 4.79 Å². The first-order valence-electron chi connectivity index (χ1n) is 8.28. The van der Waals surface area contributed by atoms with E-state index in [1.54, 1.807) is 0 Å². The summed E-state index contributed by atoms with van der Waals surface area (Å²) in [7, 11) is 0. The van der Waals surface area contributed by atoms with Crippen molar-refractivity contribution in [1.82, 2.24) is 14.3 Å². The molecular weight excluding hydrogens is 369 g/mol. The SMILES string of the molecule is CCc1nsc(N2CCN(C(=O)C3(N)CCCCC3)CC2)n1.Cl.Cl. The maximum absolute atomic E-state index is 12.7. The largest absolute Gasteiger partial charge is 0.343 e. The Morgan fingerprint density at radius 2 is 1.79 bits per heavy atom. The summed E-state index contributed by atoms with van der Waals surface area (Å²) in [6, 6.07) is 0. The highest BCUT2D eigenvalue weighted by atomic mass is 35.5. The van der Waals surface area contributed by atoms with Gasteiger partial charge in [0.05, 0.1) is 5.54 Å². The van der Waals surface area contributed by atoms with Crippen molar-refractivity contribution >= 4 is 47.4 Å².